The van der Waals surface area contributed by atoms with Crippen LogP contribution in [0.5, 0.6) is 11.5 Å². The van der Waals surface area contributed by atoms with E-state index < -0.39 is 17.9 Å². The predicted octanol–water partition coefficient (Wildman–Crippen LogP) is 3.08. The van der Waals surface area contributed by atoms with Gasteiger partial charge >= 0.3 is 6.36 Å². The van der Waals surface area contributed by atoms with Gasteiger partial charge in [0, 0.05) is 6.07 Å². The Morgan fingerprint density at radius 3 is 2.31 bits per heavy atom. The molecule has 0 aliphatic carbocycles. The number of benzene rings is 1. The first-order valence-corrected chi connectivity index (χ1v) is 4.62. The molecular weight excluding hydrogens is 298 g/mol. The van der Waals surface area contributed by atoms with Gasteiger partial charge in [-0.05, 0) is 15.9 Å². The molecular formula is C8H6BrF4NO2. The Balaban J connectivity index is 3.28. The maximum atomic E-state index is 13.2. The topological polar surface area (TPSA) is 44.5 Å². The van der Waals surface area contributed by atoms with Crippen molar-refractivity contribution in [3.05, 3.63) is 16.4 Å². The highest BCUT2D eigenvalue weighted by atomic mass is 79.9. The second-order valence-corrected chi connectivity index (χ2v) is 3.46. The van der Waals surface area contributed by atoms with Crippen molar-refractivity contribution in [2.24, 2.45) is 0 Å². The molecule has 0 atom stereocenters. The molecule has 1 aromatic rings. The van der Waals surface area contributed by atoms with Crippen molar-refractivity contribution in [3.8, 4) is 11.5 Å². The van der Waals surface area contributed by atoms with E-state index in [2.05, 4.69) is 20.7 Å². The first-order valence-electron chi connectivity index (χ1n) is 3.83. The summed E-state index contributed by atoms with van der Waals surface area (Å²) >= 11 is 2.73. The van der Waals surface area contributed by atoms with E-state index in [4.69, 9.17) is 10.5 Å². The van der Waals surface area contributed by atoms with Gasteiger partial charge in [0.05, 0.1) is 12.8 Å². The van der Waals surface area contributed by atoms with E-state index in [0.717, 1.165) is 0 Å². The molecule has 2 N–H and O–H groups in total. The molecule has 0 saturated heterocycles. The molecule has 16 heavy (non-hydrogen) atoms. The molecule has 0 radical (unpaired) electrons. The van der Waals surface area contributed by atoms with Crippen LogP contribution < -0.4 is 15.2 Å². The molecule has 1 aromatic carbocycles. The van der Waals surface area contributed by atoms with E-state index in [0.29, 0.717) is 6.07 Å². The van der Waals surface area contributed by atoms with Crippen LogP contribution in [0.1, 0.15) is 0 Å². The fourth-order valence-corrected chi connectivity index (χ4v) is 1.68. The van der Waals surface area contributed by atoms with Crippen LogP contribution in [0.25, 0.3) is 0 Å². The van der Waals surface area contributed by atoms with Crippen LogP contribution in [0, 0.1) is 5.82 Å². The van der Waals surface area contributed by atoms with Crippen molar-refractivity contribution in [2.45, 2.75) is 6.36 Å². The highest BCUT2D eigenvalue weighted by Crippen LogP contribution is 2.42. The molecule has 1 rings (SSSR count). The lowest BCUT2D eigenvalue weighted by atomic mass is 10.2. The molecule has 8 heteroatoms. The molecule has 0 aliphatic heterocycles. The summed E-state index contributed by atoms with van der Waals surface area (Å²) in [7, 11) is 1.19. The lowest BCUT2D eigenvalue weighted by Gasteiger charge is -2.14. The Kier molecular flexibility index (Phi) is 3.51. The number of hydrogen-bond acceptors (Lipinski definition) is 3. The van der Waals surface area contributed by atoms with Gasteiger partial charge in [-0.3, -0.25) is 0 Å². The molecule has 90 valence electrons. The van der Waals surface area contributed by atoms with Crippen LogP contribution >= 0.6 is 15.9 Å². The smallest absolute Gasteiger partial charge is 0.493 e. The SMILES string of the molecule is COc1c(N)cc(F)c(OC(F)(F)F)c1Br. The van der Waals surface area contributed by atoms with Crippen LogP contribution in [0.2, 0.25) is 0 Å². The molecule has 0 spiro atoms. The van der Waals surface area contributed by atoms with Gasteiger partial charge in [0.2, 0.25) is 0 Å². The first kappa shape index (κ1) is 12.9. The molecule has 0 saturated carbocycles. The van der Waals surface area contributed by atoms with Crippen LogP contribution in [0.15, 0.2) is 10.5 Å². The predicted molar refractivity (Wildman–Crippen MR) is 51.7 cm³/mol. The van der Waals surface area contributed by atoms with E-state index in [1.807, 2.05) is 0 Å². The third-order valence-corrected chi connectivity index (χ3v) is 2.30. The van der Waals surface area contributed by atoms with Crippen molar-refractivity contribution in [3.63, 3.8) is 0 Å². The van der Waals surface area contributed by atoms with Gasteiger partial charge in [-0.2, -0.15) is 0 Å². The lowest BCUT2D eigenvalue weighted by Crippen LogP contribution is -2.18. The van der Waals surface area contributed by atoms with E-state index >= 15 is 0 Å². The van der Waals surface area contributed by atoms with Gasteiger partial charge in [-0.1, -0.05) is 0 Å². The number of methoxy groups -OCH3 is 1. The van der Waals surface area contributed by atoms with Crippen LogP contribution in [-0.4, -0.2) is 13.5 Å². The molecule has 0 bridgehead atoms. The van der Waals surface area contributed by atoms with E-state index in [9.17, 15) is 17.6 Å². The summed E-state index contributed by atoms with van der Waals surface area (Å²) in [6.07, 6.45) is -5.00. The number of alkyl halides is 3. The Bertz CT molecular complexity index is 408. The second-order valence-electron chi connectivity index (χ2n) is 2.67. The van der Waals surface area contributed by atoms with Crippen molar-refractivity contribution in [1.82, 2.24) is 0 Å². The van der Waals surface area contributed by atoms with Gasteiger partial charge in [-0.15, -0.1) is 13.2 Å². The zero-order valence-electron chi connectivity index (χ0n) is 7.86. The molecule has 0 fully saturated rings. The van der Waals surface area contributed by atoms with E-state index in [1.54, 1.807) is 0 Å². The fourth-order valence-electron chi connectivity index (χ4n) is 1.02. The first-order chi connectivity index (χ1) is 7.26. The maximum Gasteiger partial charge on any atom is 0.573 e. The number of halogens is 5. The summed E-state index contributed by atoms with van der Waals surface area (Å²) in [6.45, 7) is 0. The molecule has 3 nitrogen and oxygen atoms in total. The number of ether oxygens (including phenoxy) is 2. The normalized spacial score (nSPS) is 11.4. The molecule has 0 amide bonds. The summed E-state index contributed by atoms with van der Waals surface area (Å²) in [5.74, 6) is -2.37. The quantitative estimate of drug-likeness (QED) is 0.674. The van der Waals surface area contributed by atoms with Crippen molar-refractivity contribution in [1.29, 1.82) is 0 Å². The van der Waals surface area contributed by atoms with Gasteiger partial charge < -0.3 is 15.2 Å². The summed E-state index contributed by atoms with van der Waals surface area (Å²) in [6, 6.07) is 0.685. The largest absolute Gasteiger partial charge is 0.573 e. The molecule has 0 heterocycles. The number of hydrogen-bond donors (Lipinski definition) is 1. The van der Waals surface area contributed by atoms with Crippen LogP contribution in [0.3, 0.4) is 0 Å². The third kappa shape index (κ3) is 2.69. The Hall–Kier alpha value is -1.18. The number of nitrogens with two attached hydrogens (primary N) is 1. The Morgan fingerprint density at radius 2 is 1.88 bits per heavy atom. The van der Waals surface area contributed by atoms with Gasteiger partial charge in [0.1, 0.15) is 4.47 Å². The molecule has 0 aromatic heterocycles. The standard InChI is InChI=1S/C8H6BrF4NO2/c1-15-7-4(14)2-3(10)6(5(7)9)16-8(11,12)13/h2H,14H2,1H3. The zero-order valence-corrected chi connectivity index (χ0v) is 9.45. The Labute approximate surface area is 96.3 Å². The molecule has 0 unspecified atom stereocenters. The van der Waals surface area contributed by atoms with Crippen molar-refractivity contribution in [2.75, 3.05) is 12.8 Å². The van der Waals surface area contributed by atoms with Crippen LogP contribution in [-0.2, 0) is 0 Å². The zero-order chi connectivity index (χ0) is 12.5. The Morgan fingerprint density at radius 1 is 1.31 bits per heavy atom. The average Bonchev–Trinajstić information content (AvgIpc) is 2.11. The fraction of sp³-hybridized carbons (Fsp3) is 0.250. The minimum Gasteiger partial charge on any atom is -0.493 e. The summed E-state index contributed by atoms with van der Waals surface area (Å²) < 4.78 is 56.9. The van der Waals surface area contributed by atoms with E-state index in [1.165, 1.54) is 7.11 Å². The minimum atomic E-state index is -5.00. The number of rotatable bonds is 2. The highest BCUT2D eigenvalue weighted by molar-refractivity contribution is 9.10. The molecule has 0 aliphatic rings. The monoisotopic (exact) mass is 303 g/mol. The van der Waals surface area contributed by atoms with E-state index in [-0.39, 0.29) is 15.9 Å². The highest BCUT2D eigenvalue weighted by Gasteiger charge is 2.34. The maximum absolute atomic E-state index is 13.2. The van der Waals surface area contributed by atoms with Crippen LogP contribution in [0.4, 0.5) is 23.2 Å². The summed E-state index contributed by atoms with van der Waals surface area (Å²) in [5.41, 5.74) is 5.20. The number of anilines is 1. The van der Waals surface area contributed by atoms with Gasteiger partial charge in [0.25, 0.3) is 0 Å². The van der Waals surface area contributed by atoms with Gasteiger partial charge in [0.15, 0.2) is 17.3 Å². The second kappa shape index (κ2) is 4.36. The van der Waals surface area contributed by atoms with Crippen molar-refractivity contribution >= 4 is 21.6 Å². The average molecular weight is 304 g/mol. The van der Waals surface area contributed by atoms with Gasteiger partial charge in [-0.25, -0.2) is 4.39 Å². The number of nitrogen functional groups attached to an aromatic ring is 1. The third-order valence-electron chi connectivity index (χ3n) is 1.58. The summed E-state index contributed by atoms with van der Waals surface area (Å²) in [4.78, 5) is 0. The minimum absolute atomic E-state index is 0.124. The van der Waals surface area contributed by atoms with Crippen molar-refractivity contribution < 1.29 is 27.0 Å². The lowest BCUT2D eigenvalue weighted by molar-refractivity contribution is -0.275. The summed E-state index contributed by atoms with van der Waals surface area (Å²) in [5, 5.41) is 0.